The number of nitrogens with one attached hydrogen (secondary N) is 2. The highest BCUT2D eigenvalue weighted by Gasteiger charge is 2.19. The number of thiocarbonyl (C=S) groups is 1. The Balaban J connectivity index is 2.71. The molecule has 0 atom stereocenters. The van der Waals surface area contributed by atoms with E-state index in [1.807, 2.05) is 0 Å². The van der Waals surface area contributed by atoms with Gasteiger partial charge in [-0.25, -0.2) is 0 Å². The highest BCUT2D eigenvalue weighted by atomic mass is 32.1. The van der Waals surface area contributed by atoms with Gasteiger partial charge >= 0.3 is 0 Å². The van der Waals surface area contributed by atoms with E-state index in [4.69, 9.17) is 26.4 Å². The van der Waals surface area contributed by atoms with E-state index >= 15 is 0 Å². The van der Waals surface area contributed by atoms with Crippen molar-refractivity contribution in [2.24, 2.45) is 0 Å². The Labute approximate surface area is 140 Å². The smallest absolute Gasteiger partial charge is 0.276 e. The molecule has 0 unspecified atom stereocenters. The molecule has 2 N–H and O–H groups in total. The molecule has 0 aromatic heterocycles. The largest absolute Gasteiger partial charge is 0.493 e. The van der Waals surface area contributed by atoms with Gasteiger partial charge in [0.1, 0.15) is 0 Å². The third-order valence-electron chi connectivity index (χ3n) is 3.05. The van der Waals surface area contributed by atoms with Crippen LogP contribution in [0.3, 0.4) is 0 Å². The molecule has 0 amide bonds. The maximum atomic E-state index is 11.2. The number of methoxy groups -OCH3 is 3. The van der Waals surface area contributed by atoms with Gasteiger partial charge in [-0.3, -0.25) is 10.1 Å². The molecule has 1 aromatic carbocycles. The fourth-order valence-electron chi connectivity index (χ4n) is 1.92. The second-order valence-corrected chi connectivity index (χ2v) is 4.93. The number of nitrogens with zero attached hydrogens (tertiary/aromatic N) is 1. The second-order valence-electron chi connectivity index (χ2n) is 4.52. The van der Waals surface area contributed by atoms with Gasteiger partial charge in [-0.2, -0.15) is 0 Å². The number of hydrogen-bond donors (Lipinski definition) is 2. The average molecular weight is 343 g/mol. The summed E-state index contributed by atoms with van der Waals surface area (Å²) in [6, 6.07) is 2.98. The lowest BCUT2D eigenvalue weighted by Crippen LogP contribution is -2.37. The minimum atomic E-state index is -0.438. The molecule has 128 valence electrons. The first-order chi connectivity index (χ1) is 11.0. The summed E-state index contributed by atoms with van der Waals surface area (Å²) in [5, 5.41) is 17.6. The van der Waals surface area contributed by atoms with Crippen molar-refractivity contribution in [3.8, 4) is 11.5 Å². The molecule has 1 rings (SSSR count). The Morgan fingerprint density at radius 3 is 2.35 bits per heavy atom. The molecule has 0 aliphatic heterocycles. The zero-order valence-corrected chi connectivity index (χ0v) is 14.2. The number of nitro benzene ring substituents is 1. The number of hydrogen-bond acceptors (Lipinski definition) is 6. The molecular weight excluding hydrogens is 322 g/mol. The maximum absolute atomic E-state index is 11.2. The minimum Gasteiger partial charge on any atom is -0.493 e. The van der Waals surface area contributed by atoms with Gasteiger partial charge in [-0.15, -0.1) is 0 Å². The van der Waals surface area contributed by atoms with Gasteiger partial charge in [0.25, 0.3) is 5.69 Å². The molecule has 9 heteroatoms. The van der Waals surface area contributed by atoms with Gasteiger partial charge < -0.3 is 24.8 Å². The topological polar surface area (TPSA) is 94.9 Å². The van der Waals surface area contributed by atoms with Crippen molar-refractivity contribution in [2.75, 3.05) is 41.0 Å². The van der Waals surface area contributed by atoms with Crippen LogP contribution in [0.5, 0.6) is 11.5 Å². The molecule has 0 spiro atoms. The summed E-state index contributed by atoms with van der Waals surface area (Å²) in [5.41, 5.74) is 0.530. The fourth-order valence-corrected chi connectivity index (χ4v) is 2.12. The van der Waals surface area contributed by atoms with Gasteiger partial charge in [0.2, 0.25) is 0 Å². The molecule has 0 bridgehead atoms. The van der Waals surface area contributed by atoms with Gasteiger partial charge in [-0.05, 0) is 24.7 Å². The Morgan fingerprint density at radius 2 is 1.78 bits per heavy atom. The van der Waals surface area contributed by atoms with Gasteiger partial charge in [-0.1, -0.05) is 0 Å². The van der Waals surface area contributed by atoms with Crippen LogP contribution in [-0.4, -0.2) is 51.1 Å². The Bertz CT molecular complexity index is 553. The van der Waals surface area contributed by atoms with E-state index in [-0.39, 0.29) is 5.69 Å². The molecule has 0 radical (unpaired) electrons. The average Bonchev–Trinajstić information content (AvgIpc) is 2.54. The van der Waals surface area contributed by atoms with Crippen LogP contribution in [0, 0.1) is 10.1 Å². The quantitative estimate of drug-likeness (QED) is 0.299. The van der Waals surface area contributed by atoms with Crippen molar-refractivity contribution in [2.45, 2.75) is 6.42 Å². The van der Waals surface area contributed by atoms with Gasteiger partial charge in [0.15, 0.2) is 16.6 Å². The SMILES string of the molecule is COCCNC(=S)NCCc1cc(OC)c(OC)cc1[N+](=O)[O-]. The summed E-state index contributed by atoms with van der Waals surface area (Å²) in [5.74, 6) is 0.779. The third-order valence-corrected chi connectivity index (χ3v) is 3.34. The van der Waals surface area contributed by atoms with Crippen LogP contribution in [0.1, 0.15) is 5.56 Å². The van der Waals surface area contributed by atoms with E-state index in [0.717, 1.165) is 0 Å². The van der Waals surface area contributed by atoms with Crippen LogP contribution in [0.4, 0.5) is 5.69 Å². The molecule has 1 aromatic rings. The highest BCUT2D eigenvalue weighted by Crippen LogP contribution is 2.34. The third kappa shape index (κ3) is 5.87. The second kappa shape index (κ2) is 9.80. The molecule has 0 fully saturated rings. The number of rotatable bonds is 9. The first-order valence-corrected chi connectivity index (χ1v) is 7.34. The number of nitro groups is 1. The van der Waals surface area contributed by atoms with Crippen LogP contribution >= 0.6 is 12.2 Å². The summed E-state index contributed by atoms with van der Waals surface area (Å²) in [6.45, 7) is 1.59. The zero-order chi connectivity index (χ0) is 17.2. The van der Waals surface area contributed by atoms with E-state index in [0.29, 0.717) is 48.3 Å². The van der Waals surface area contributed by atoms with Crippen LogP contribution in [0.15, 0.2) is 12.1 Å². The van der Waals surface area contributed by atoms with E-state index in [1.165, 1.54) is 20.3 Å². The zero-order valence-electron chi connectivity index (χ0n) is 13.4. The summed E-state index contributed by atoms with van der Waals surface area (Å²) in [4.78, 5) is 10.8. The van der Waals surface area contributed by atoms with Gasteiger partial charge in [0, 0.05) is 25.8 Å². The monoisotopic (exact) mass is 343 g/mol. The first kappa shape index (κ1) is 18.9. The summed E-state index contributed by atoms with van der Waals surface area (Å²) >= 11 is 5.10. The highest BCUT2D eigenvalue weighted by molar-refractivity contribution is 7.80. The van der Waals surface area contributed by atoms with E-state index in [9.17, 15) is 10.1 Å². The van der Waals surface area contributed by atoms with Crippen molar-refractivity contribution in [3.05, 3.63) is 27.8 Å². The fraction of sp³-hybridized carbons (Fsp3) is 0.500. The number of ether oxygens (including phenoxy) is 3. The van der Waals surface area contributed by atoms with E-state index in [1.54, 1.807) is 13.2 Å². The van der Waals surface area contributed by atoms with Crippen LogP contribution in [0.2, 0.25) is 0 Å². The lowest BCUT2D eigenvalue weighted by atomic mass is 10.1. The summed E-state index contributed by atoms with van der Waals surface area (Å²) < 4.78 is 15.2. The predicted octanol–water partition coefficient (Wildman–Crippen LogP) is 1.27. The maximum Gasteiger partial charge on any atom is 0.276 e. The van der Waals surface area contributed by atoms with Crippen molar-refractivity contribution >= 4 is 23.0 Å². The normalized spacial score (nSPS) is 10.0. The molecule has 0 aliphatic carbocycles. The number of benzene rings is 1. The standard InChI is InChI=1S/C14H21N3O5S/c1-20-7-6-16-14(23)15-5-4-10-8-12(21-2)13(22-3)9-11(10)17(18)19/h8-9H,4-7H2,1-3H3,(H2,15,16,23). The molecular formula is C14H21N3O5S. The van der Waals surface area contributed by atoms with Crippen LogP contribution in [0.25, 0.3) is 0 Å². The van der Waals surface area contributed by atoms with Crippen molar-refractivity contribution in [1.82, 2.24) is 10.6 Å². The minimum absolute atomic E-state index is 0.0114. The molecule has 0 saturated carbocycles. The van der Waals surface area contributed by atoms with Crippen molar-refractivity contribution in [1.29, 1.82) is 0 Å². The predicted molar refractivity (Wildman–Crippen MR) is 90.4 cm³/mol. The first-order valence-electron chi connectivity index (χ1n) is 6.93. The van der Waals surface area contributed by atoms with Crippen molar-refractivity contribution < 1.29 is 19.1 Å². The van der Waals surface area contributed by atoms with Gasteiger partial charge in [0.05, 0.1) is 31.8 Å². The summed E-state index contributed by atoms with van der Waals surface area (Å²) in [7, 11) is 4.53. The van der Waals surface area contributed by atoms with E-state index in [2.05, 4.69) is 10.6 Å². The Kier molecular flexibility index (Phi) is 8.06. The molecule has 0 aliphatic rings. The Hall–Kier alpha value is -2.13. The molecule has 23 heavy (non-hydrogen) atoms. The van der Waals surface area contributed by atoms with Crippen molar-refractivity contribution in [3.63, 3.8) is 0 Å². The summed E-state index contributed by atoms with van der Waals surface area (Å²) in [6.07, 6.45) is 0.419. The molecule has 8 nitrogen and oxygen atoms in total. The van der Waals surface area contributed by atoms with E-state index < -0.39 is 4.92 Å². The van der Waals surface area contributed by atoms with Crippen LogP contribution in [-0.2, 0) is 11.2 Å². The molecule has 0 heterocycles. The lowest BCUT2D eigenvalue weighted by molar-refractivity contribution is -0.385. The lowest BCUT2D eigenvalue weighted by Gasteiger charge is -2.12. The molecule has 0 saturated heterocycles. The van der Waals surface area contributed by atoms with Crippen LogP contribution < -0.4 is 20.1 Å². The Morgan fingerprint density at radius 1 is 1.17 bits per heavy atom.